The van der Waals surface area contributed by atoms with E-state index in [1.54, 1.807) is 24.1 Å². The fourth-order valence-corrected chi connectivity index (χ4v) is 2.25. The Morgan fingerprint density at radius 3 is 2.62 bits per heavy atom. The van der Waals surface area contributed by atoms with Crippen LogP contribution in [0.25, 0.3) is 0 Å². The van der Waals surface area contributed by atoms with Crippen LogP contribution in [-0.2, 0) is 13.0 Å². The van der Waals surface area contributed by atoms with Gasteiger partial charge in [-0.15, -0.1) is 0 Å². The number of hydrogen-bond donors (Lipinski definition) is 0. The Morgan fingerprint density at radius 2 is 2.00 bits per heavy atom. The molecule has 24 heavy (non-hydrogen) atoms. The highest BCUT2D eigenvalue weighted by Crippen LogP contribution is 2.20. The molecule has 0 aliphatic rings. The lowest BCUT2D eigenvalue weighted by Gasteiger charge is -2.19. The summed E-state index contributed by atoms with van der Waals surface area (Å²) in [7, 11) is 1.77. The number of hydrogen-bond acceptors (Lipinski definition) is 3. The standard InChI is InChI=1S/C20H24N2O2/c1-5-16-10-11-17(21-12-16)13-22(4)20(23)18-8-6-7-9-19(18)24-14-15(2)3/h6-12H,2,5,13-14H2,1,3-4H3. The minimum Gasteiger partial charge on any atom is -0.488 e. The third-order valence-electron chi connectivity index (χ3n) is 3.63. The van der Waals surface area contributed by atoms with Gasteiger partial charge < -0.3 is 9.64 Å². The van der Waals surface area contributed by atoms with Crippen molar-refractivity contribution in [3.8, 4) is 5.75 Å². The summed E-state index contributed by atoms with van der Waals surface area (Å²) in [5.74, 6) is 0.486. The third-order valence-corrected chi connectivity index (χ3v) is 3.63. The Bertz CT molecular complexity index is 708. The van der Waals surface area contributed by atoms with E-state index in [-0.39, 0.29) is 5.91 Å². The first-order chi connectivity index (χ1) is 11.5. The van der Waals surface area contributed by atoms with Crippen LogP contribution in [0.1, 0.15) is 35.5 Å². The average molecular weight is 324 g/mol. The molecule has 0 atom stereocenters. The van der Waals surface area contributed by atoms with E-state index in [0.29, 0.717) is 24.5 Å². The summed E-state index contributed by atoms with van der Waals surface area (Å²) < 4.78 is 5.69. The van der Waals surface area contributed by atoms with E-state index in [0.717, 1.165) is 17.7 Å². The van der Waals surface area contributed by atoms with Crippen molar-refractivity contribution in [3.05, 3.63) is 71.6 Å². The smallest absolute Gasteiger partial charge is 0.257 e. The predicted molar refractivity (Wildman–Crippen MR) is 96.2 cm³/mol. The Balaban J connectivity index is 2.10. The fraction of sp³-hybridized carbons (Fsp3) is 0.300. The molecule has 1 aromatic heterocycles. The lowest BCUT2D eigenvalue weighted by atomic mass is 10.1. The molecule has 0 aliphatic heterocycles. The molecule has 0 fully saturated rings. The lowest BCUT2D eigenvalue weighted by molar-refractivity contribution is 0.0779. The van der Waals surface area contributed by atoms with Gasteiger partial charge in [0.05, 0.1) is 17.8 Å². The van der Waals surface area contributed by atoms with E-state index in [2.05, 4.69) is 18.5 Å². The highest BCUT2D eigenvalue weighted by Gasteiger charge is 2.17. The van der Waals surface area contributed by atoms with Gasteiger partial charge in [0.2, 0.25) is 0 Å². The van der Waals surface area contributed by atoms with E-state index in [9.17, 15) is 4.79 Å². The molecular weight excluding hydrogens is 300 g/mol. The first-order valence-corrected chi connectivity index (χ1v) is 8.06. The van der Waals surface area contributed by atoms with Gasteiger partial charge in [0.15, 0.2) is 0 Å². The van der Waals surface area contributed by atoms with Gasteiger partial charge in [-0.1, -0.05) is 31.7 Å². The maximum Gasteiger partial charge on any atom is 0.257 e. The zero-order valence-corrected chi connectivity index (χ0v) is 14.6. The Hall–Kier alpha value is -2.62. The Morgan fingerprint density at radius 1 is 1.25 bits per heavy atom. The zero-order valence-electron chi connectivity index (χ0n) is 14.6. The number of ether oxygens (including phenoxy) is 1. The molecule has 0 unspecified atom stereocenters. The molecule has 0 saturated carbocycles. The summed E-state index contributed by atoms with van der Waals surface area (Å²) in [4.78, 5) is 18.8. The number of aromatic nitrogens is 1. The molecule has 1 aromatic carbocycles. The van der Waals surface area contributed by atoms with Crippen molar-refractivity contribution in [2.75, 3.05) is 13.7 Å². The zero-order chi connectivity index (χ0) is 17.5. The number of para-hydroxylation sites is 1. The van der Waals surface area contributed by atoms with Crippen molar-refractivity contribution in [2.45, 2.75) is 26.8 Å². The average Bonchev–Trinajstić information content (AvgIpc) is 2.60. The van der Waals surface area contributed by atoms with E-state index >= 15 is 0 Å². The van der Waals surface area contributed by atoms with Gasteiger partial charge in [0, 0.05) is 13.2 Å². The monoisotopic (exact) mass is 324 g/mol. The van der Waals surface area contributed by atoms with Crippen LogP contribution in [0.15, 0.2) is 54.7 Å². The molecule has 1 amide bonds. The first kappa shape index (κ1) is 17.7. The van der Waals surface area contributed by atoms with E-state index in [4.69, 9.17) is 4.74 Å². The molecule has 1 heterocycles. The quantitative estimate of drug-likeness (QED) is 0.726. The number of benzene rings is 1. The highest BCUT2D eigenvalue weighted by atomic mass is 16.5. The first-order valence-electron chi connectivity index (χ1n) is 8.06. The van der Waals surface area contributed by atoms with Crippen LogP contribution in [0, 0.1) is 0 Å². The molecule has 2 aromatic rings. The van der Waals surface area contributed by atoms with Crippen LogP contribution in [0.2, 0.25) is 0 Å². The number of pyridine rings is 1. The summed E-state index contributed by atoms with van der Waals surface area (Å²) in [5, 5.41) is 0. The van der Waals surface area contributed by atoms with E-state index < -0.39 is 0 Å². The van der Waals surface area contributed by atoms with Crippen molar-refractivity contribution < 1.29 is 9.53 Å². The Kier molecular flexibility index (Phi) is 6.13. The van der Waals surface area contributed by atoms with Crippen molar-refractivity contribution in [2.24, 2.45) is 0 Å². The van der Waals surface area contributed by atoms with Crippen LogP contribution < -0.4 is 4.74 Å². The van der Waals surface area contributed by atoms with E-state index in [1.807, 2.05) is 37.4 Å². The topological polar surface area (TPSA) is 42.4 Å². The fourth-order valence-electron chi connectivity index (χ4n) is 2.25. The predicted octanol–water partition coefficient (Wildman–Crippen LogP) is 3.87. The van der Waals surface area contributed by atoms with E-state index in [1.165, 1.54) is 5.56 Å². The van der Waals surface area contributed by atoms with Crippen LogP contribution >= 0.6 is 0 Å². The second kappa shape index (κ2) is 8.29. The van der Waals surface area contributed by atoms with Gasteiger partial charge in [0.1, 0.15) is 12.4 Å². The molecular formula is C20H24N2O2. The Labute approximate surface area is 143 Å². The summed E-state index contributed by atoms with van der Waals surface area (Å²) in [6, 6.07) is 11.3. The van der Waals surface area contributed by atoms with Crippen molar-refractivity contribution in [1.29, 1.82) is 0 Å². The van der Waals surface area contributed by atoms with Gasteiger partial charge in [-0.05, 0) is 42.7 Å². The van der Waals surface area contributed by atoms with Crippen LogP contribution in [0.3, 0.4) is 0 Å². The summed E-state index contributed by atoms with van der Waals surface area (Å²) in [5.41, 5.74) is 3.51. The minimum absolute atomic E-state index is 0.0892. The molecule has 126 valence electrons. The number of carbonyl (C=O) groups excluding carboxylic acids is 1. The molecule has 0 aliphatic carbocycles. The molecule has 2 rings (SSSR count). The van der Waals surface area contributed by atoms with Crippen molar-refractivity contribution >= 4 is 5.91 Å². The molecule has 4 nitrogen and oxygen atoms in total. The number of nitrogens with zero attached hydrogens (tertiary/aromatic N) is 2. The van der Waals surface area contributed by atoms with Crippen LogP contribution in [0.4, 0.5) is 0 Å². The van der Waals surface area contributed by atoms with Gasteiger partial charge in [0.25, 0.3) is 5.91 Å². The summed E-state index contributed by atoms with van der Waals surface area (Å²) in [6.07, 6.45) is 2.81. The minimum atomic E-state index is -0.0892. The molecule has 0 N–H and O–H groups in total. The largest absolute Gasteiger partial charge is 0.488 e. The second-order valence-corrected chi connectivity index (χ2v) is 5.91. The van der Waals surface area contributed by atoms with Gasteiger partial charge in [-0.25, -0.2) is 0 Å². The molecule has 0 bridgehead atoms. The third kappa shape index (κ3) is 4.69. The van der Waals surface area contributed by atoms with Crippen molar-refractivity contribution in [3.63, 3.8) is 0 Å². The van der Waals surface area contributed by atoms with Gasteiger partial charge in [-0.3, -0.25) is 9.78 Å². The van der Waals surface area contributed by atoms with Crippen LogP contribution in [0.5, 0.6) is 5.75 Å². The van der Waals surface area contributed by atoms with Gasteiger partial charge in [-0.2, -0.15) is 0 Å². The summed E-state index contributed by atoms with van der Waals surface area (Å²) >= 11 is 0. The second-order valence-electron chi connectivity index (χ2n) is 5.91. The summed E-state index contributed by atoms with van der Waals surface area (Å²) in [6.45, 7) is 8.66. The SMILES string of the molecule is C=C(C)COc1ccccc1C(=O)N(C)Cc1ccc(CC)cn1. The normalized spacial score (nSPS) is 10.3. The number of aryl methyl sites for hydroxylation is 1. The maximum absolute atomic E-state index is 12.7. The van der Waals surface area contributed by atoms with Crippen LogP contribution in [-0.4, -0.2) is 29.4 Å². The molecule has 0 radical (unpaired) electrons. The van der Waals surface area contributed by atoms with Gasteiger partial charge >= 0.3 is 0 Å². The molecule has 0 saturated heterocycles. The number of rotatable bonds is 7. The lowest BCUT2D eigenvalue weighted by Crippen LogP contribution is -2.27. The maximum atomic E-state index is 12.7. The molecule has 0 spiro atoms. The highest BCUT2D eigenvalue weighted by molar-refractivity contribution is 5.96. The number of carbonyl (C=O) groups is 1. The molecule has 4 heteroatoms. The number of amides is 1. The van der Waals surface area contributed by atoms with Crippen molar-refractivity contribution in [1.82, 2.24) is 9.88 Å².